The number of oxazole rings is 1. The number of benzene rings is 2. The Bertz CT molecular complexity index is 1050. The van der Waals surface area contributed by atoms with Gasteiger partial charge in [0.2, 0.25) is 5.89 Å². The Labute approximate surface area is 175 Å². The lowest BCUT2D eigenvalue weighted by atomic mass is 9.87. The highest BCUT2D eigenvalue weighted by atomic mass is 19.1. The highest BCUT2D eigenvalue weighted by Crippen LogP contribution is 2.26. The summed E-state index contributed by atoms with van der Waals surface area (Å²) in [6, 6.07) is 12.1. The molecule has 158 valence electrons. The smallest absolute Gasteiger partial charge is 0.322 e. The minimum Gasteiger partial charge on any atom is -0.439 e. The molecule has 2 amide bonds. The van der Waals surface area contributed by atoms with E-state index in [2.05, 4.69) is 48.1 Å². The molecule has 0 saturated carbocycles. The minimum atomic E-state index is -0.435. The number of halogens is 1. The lowest BCUT2D eigenvalue weighted by Gasteiger charge is -2.34. The van der Waals surface area contributed by atoms with E-state index < -0.39 is 5.82 Å². The number of aromatic nitrogens is 1. The second kappa shape index (κ2) is 8.07. The number of nitrogens with one attached hydrogen (secondary N) is 1. The average molecular weight is 410 g/mol. The molecule has 6 nitrogen and oxygen atoms in total. The fourth-order valence-corrected chi connectivity index (χ4v) is 3.57. The molecule has 1 N–H and O–H groups in total. The summed E-state index contributed by atoms with van der Waals surface area (Å²) in [5, 5.41) is 2.64. The summed E-state index contributed by atoms with van der Waals surface area (Å²) in [7, 11) is 0. The fraction of sp³-hybridized carbons (Fsp3) is 0.391. The van der Waals surface area contributed by atoms with E-state index in [1.54, 1.807) is 23.1 Å². The van der Waals surface area contributed by atoms with Gasteiger partial charge in [0.25, 0.3) is 0 Å². The third-order valence-corrected chi connectivity index (χ3v) is 5.43. The van der Waals surface area contributed by atoms with Gasteiger partial charge in [-0.1, -0.05) is 39.0 Å². The molecular formula is C23H27FN4O2. The van der Waals surface area contributed by atoms with Crippen LogP contribution >= 0.6 is 0 Å². The van der Waals surface area contributed by atoms with Gasteiger partial charge in [-0.3, -0.25) is 4.90 Å². The lowest BCUT2D eigenvalue weighted by molar-refractivity contribution is 0.136. The quantitative estimate of drug-likeness (QED) is 0.685. The third kappa shape index (κ3) is 4.46. The minimum absolute atomic E-state index is 0.0624. The fourth-order valence-electron chi connectivity index (χ4n) is 3.57. The topological polar surface area (TPSA) is 61.6 Å². The second-order valence-corrected chi connectivity index (χ2v) is 8.71. The summed E-state index contributed by atoms with van der Waals surface area (Å²) in [5.74, 6) is 0.246. The first-order chi connectivity index (χ1) is 14.3. The molecule has 7 heteroatoms. The van der Waals surface area contributed by atoms with E-state index in [1.807, 2.05) is 6.07 Å². The maximum absolute atomic E-state index is 13.7. The molecule has 1 aromatic heterocycles. The molecule has 0 radical (unpaired) electrons. The van der Waals surface area contributed by atoms with Gasteiger partial charge in [0.15, 0.2) is 5.58 Å². The van der Waals surface area contributed by atoms with Crippen LogP contribution in [0.2, 0.25) is 0 Å². The molecule has 1 aliphatic heterocycles. The zero-order valence-electron chi connectivity index (χ0n) is 17.6. The number of urea groups is 1. The number of fused-ring (bicyclic) bond motifs is 1. The van der Waals surface area contributed by atoms with Crippen LogP contribution in [0.15, 0.2) is 46.9 Å². The van der Waals surface area contributed by atoms with Gasteiger partial charge in [-0.05, 0) is 35.2 Å². The first-order valence-corrected chi connectivity index (χ1v) is 10.2. The highest BCUT2D eigenvalue weighted by Gasteiger charge is 2.23. The van der Waals surface area contributed by atoms with Crippen molar-refractivity contribution in [1.29, 1.82) is 0 Å². The van der Waals surface area contributed by atoms with Crippen molar-refractivity contribution in [2.24, 2.45) is 0 Å². The summed E-state index contributed by atoms with van der Waals surface area (Å²) in [6.45, 7) is 9.67. The van der Waals surface area contributed by atoms with Crippen molar-refractivity contribution in [1.82, 2.24) is 14.8 Å². The Balaban J connectivity index is 1.34. The van der Waals surface area contributed by atoms with E-state index in [4.69, 9.17) is 4.42 Å². The molecule has 2 heterocycles. The molecule has 3 aromatic rings. The molecule has 0 spiro atoms. The van der Waals surface area contributed by atoms with Crippen molar-refractivity contribution in [3.05, 3.63) is 59.7 Å². The van der Waals surface area contributed by atoms with Gasteiger partial charge >= 0.3 is 6.03 Å². The van der Waals surface area contributed by atoms with Crippen LogP contribution < -0.4 is 5.32 Å². The largest absolute Gasteiger partial charge is 0.439 e. The van der Waals surface area contributed by atoms with Crippen LogP contribution in [0.3, 0.4) is 0 Å². The summed E-state index contributed by atoms with van der Waals surface area (Å²) in [6.07, 6.45) is 0. The van der Waals surface area contributed by atoms with E-state index in [9.17, 15) is 9.18 Å². The van der Waals surface area contributed by atoms with E-state index in [-0.39, 0.29) is 17.1 Å². The number of anilines is 1. The van der Waals surface area contributed by atoms with Gasteiger partial charge in [-0.2, -0.15) is 0 Å². The Morgan fingerprint density at radius 2 is 1.87 bits per heavy atom. The number of para-hydroxylation sites is 1. The molecule has 0 unspecified atom stereocenters. The number of hydrogen-bond acceptors (Lipinski definition) is 4. The van der Waals surface area contributed by atoms with E-state index >= 15 is 0 Å². The Hall–Kier alpha value is -2.93. The maximum atomic E-state index is 13.7. The predicted octanol–water partition coefficient (Wildman–Crippen LogP) is 4.61. The Kier molecular flexibility index (Phi) is 5.47. The number of amides is 2. The molecule has 0 atom stereocenters. The number of piperazine rings is 1. The monoisotopic (exact) mass is 410 g/mol. The van der Waals surface area contributed by atoms with Crippen LogP contribution in [0.5, 0.6) is 0 Å². The first-order valence-electron chi connectivity index (χ1n) is 10.2. The second-order valence-electron chi connectivity index (χ2n) is 8.71. The number of hydrogen-bond donors (Lipinski definition) is 1. The number of carbonyl (C=O) groups excluding carboxylic acids is 1. The van der Waals surface area contributed by atoms with Gasteiger partial charge in [0, 0.05) is 26.2 Å². The van der Waals surface area contributed by atoms with Crippen molar-refractivity contribution in [2.45, 2.75) is 32.7 Å². The van der Waals surface area contributed by atoms with E-state index in [1.165, 1.54) is 11.6 Å². The van der Waals surface area contributed by atoms with E-state index in [0.29, 0.717) is 38.6 Å². The predicted molar refractivity (Wildman–Crippen MR) is 115 cm³/mol. The van der Waals surface area contributed by atoms with Crippen molar-refractivity contribution in [3.8, 4) is 0 Å². The summed E-state index contributed by atoms with van der Waals surface area (Å²) in [4.78, 5) is 21.0. The van der Waals surface area contributed by atoms with Gasteiger partial charge in [0.05, 0.1) is 12.2 Å². The standard InChI is InChI=1S/C23H27FN4O2/c1-23(2,3)16-8-9-20-19(14-16)25-21(30-20)15-27-10-12-28(13-11-27)22(29)26-18-7-5-4-6-17(18)24/h4-9,14H,10-13,15H2,1-3H3,(H,26,29). The van der Waals surface area contributed by atoms with Crippen LogP contribution in [0.25, 0.3) is 11.1 Å². The van der Waals surface area contributed by atoms with Gasteiger partial charge in [-0.25, -0.2) is 14.2 Å². The molecule has 0 bridgehead atoms. The molecule has 2 aromatic carbocycles. The third-order valence-electron chi connectivity index (χ3n) is 5.43. The number of rotatable bonds is 3. The van der Waals surface area contributed by atoms with Crippen LogP contribution in [0, 0.1) is 5.82 Å². The number of nitrogens with zero attached hydrogens (tertiary/aromatic N) is 3. The molecule has 4 rings (SSSR count). The summed E-state index contributed by atoms with van der Waals surface area (Å²) < 4.78 is 19.7. The summed E-state index contributed by atoms with van der Waals surface area (Å²) in [5.41, 5.74) is 3.16. The lowest BCUT2D eigenvalue weighted by Crippen LogP contribution is -2.49. The molecule has 0 aliphatic carbocycles. The van der Waals surface area contributed by atoms with Crippen LogP contribution in [0.1, 0.15) is 32.2 Å². The molecule has 1 fully saturated rings. The average Bonchev–Trinajstić information content (AvgIpc) is 3.11. The van der Waals surface area contributed by atoms with Crippen LogP contribution in [0.4, 0.5) is 14.9 Å². The van der Waals surface area contributed by atoms with Crippen molar-refractivity contribution < 1.29 is 13.6 Å². The van der Waals surface area contributed by atoms with Crippen LogP contribution in [-0.2, 0) is 12.0 Å². The van der Waals surface area contributed by atoms with Crippen molar-refractivity contribution in [2.75, 3.05) is 31.5 Å². The zero-order valence-corrected chi connectivity index (χ0v) is 17.6. The Morgan fingerprint density at radius 1 is 1.13 bits per heavy atom. The van der Waals surface area contributed by atoms with Gasteiger partial charge in [-0.15, -0.1) is 0 Å². The molecule has 30 heavy (non-hydrogen) atoms. The Morgan fingerprint density at radius 3 is 2.57 bits per heavy atom. The summed E-state index contributed by atoms with van der Waals surface area (Å²) >= 11 is 0. The first kappa shape index (κ1) is 20.3. The van der Waals surface area contributed by atoms with Crippen molar-refractivity contribution in [3.63, 3.8) is 0 Å². The van der Waals surface area contributed by atoms with Crippen LogP contribution in [-0.4, -0.2) is 47.0 Å². The normalized spacial score (nSPS) is 15.5. The maximum Gasteiger partial charge on any atom is 0.322 e. The molecular weight excluding hydrogens is 383 g/mol. The van der Waals surface area contributed by atoms with Crippen molar-refractivity contribution >= 4 is 22.8 Å². The van der Waals surface area contributed by atoms with Gasteiger partial charge < -0.3 is 14.6 Å². The number of carbonyl (C=O) groups is 1. The highest BCUT2D eigenvalue weighted by molar-refractivity contribution is 5.89. The van der Waals surface area contributed by atoms with E-state index in [0.717, 1.165) is 11.1 Å². The van der Waals surface area contributed by atoms with Gasteiger partial charge in [0.1, 0.15) is 11.3 Å². The zero-order chi connectivity index (χ0) is 21.3. The SMILES string of the molecule is CC(C)(C)c1ccc2oc(CN3CCN(C(=O)Nc4ccccc4F)CC3)nc2c1. The molecule has 1 aliphatic rings. The molecule has 1 saturated heterocycles.